The van der Waals surface area contributed by atoms with E-state index in [-0.39, 0.29) is 18.9 Å². The lowest BCUT2D eigenvalue weighted by atomic mass is 9.72. The van der Waals surface area contributed by atoms with Gasteiger partial charge in [0.15, 0.2) is 5.71 Å². The molecule has 0 aliphatic carbocycles. The topological polar surface area (TPSA) is 77.0 Å². The smallest absolute Gasteiger partial charge is 0.355 e. The molecule has 1 N–H and O–H groups in total. The SMILES string of the molecule is CCOC(=O)C1=NNC(c2ccccc2)(c2ccccc2)[C@H]1C(=O)OCC. The second-order valence-electron chi connectivity index (χ2n) is 6.05. The second-order valence-corrected chi connectivity index (χ2v) is 6.05. The summed E-state index contributed by atoms with van der Waals surface area (Å²) in [5.41, 5.74) is 3.63. The number of hydrogen-bond donors (Lipinski definition) is 1. The average molecular weight is 366 g/mol. The number of carbonyl (C=O) groups excluding carboxylic acids is 2. The van der Waals surface area contributed by atoms with E-state index in [1.54, 1.807) is 13.8 Å². The van der Waals surface area contributed by atoms with Crippen LogP contribution in [-0.2, 0) is 24.6 Å². The zero-order valence-electron chi connectivity index (χ0n) is 15.3. The molecule has 3 rings (SSSR count). The minimum Gasteiger partial charge on any atom is -0.465 e. The van der Waals surface area contributed by atoms with Gasteiger partial charge in [0, 0.05) is 0 Å². The molecular formula is C21H22N2O4. The minimum atomic E-state index is -1.06. The zero-order valence-corrected chi connectivity index (χ0v) is 15.3. The van der Waals surface area contributed by atoms with Gasteiger partial charge >= 0.3 is 11.9 Å². The molecule has 6 heteroatoms. The monoisotopic (exact) mass is 366 g/mol. The Morgan fingerprint density at radius 2 is 1.44 bits per heavy atom. The third-order valence-corrected chi connectivity index (χ3v) is 4.52. The Morgan fingerprint density at radius 3 is 1.93 bits per heavy atom. The Morgan fingerprint density at radius 1 is 0.926 bits per heavy atom. The highest BCUT2D eigenvalue weighted by atomic mass is 16.5. The Hall–Kier alpha value is -3.15. The number of rotatable bonds is 6. The van der Waals surface area contributed by atoms with E-state index in [0.717, 1.165) is 11.1 Å². The molecule has 1 aliphatic heterocycles. The van der Waals surface area contributed by atoms with Crippen molar-refractivity contribution in [2.45, 2.75) is 19.4 Å². The average Bonchev–Trinajstić information content (AvgIpc) is 3.11. The molecule has 0 amide bonds. The van der Waals surface area contributed by atoms with Gasteiger partial charge in [-0.1, -0.05) is 60.7 Å². The molecule has 0 fully saturated rings. The molecule has 0 saturated carbocycles. The molecule has 0 unspecified atom stereocenters. The summed E-state index contributed by atoms with van der Waals surface area (Å²) < 4.78 is 10.4. The first-order chi connectivity index (χ1) is 13.1. The number of ether oxygens (including phenoxy) is 2. The van der Waals surface area contributed by atoms with Crippen LogP contribution in [0.5, 0.6) is 0 Å². The summed E-state index contributed by atoms with van der Waals surface area (Å²) in [6.07, 6.45) is 0. The van der Waals surface area contributed by atoms with Crippen LogP contribution < -0.4 is 5.43 Å². The van der Waals surface area contributed by atoms with Crippen LogP contribution in [0.1, 0.15) is 25.0 Å². The minimum absolute atomic E-state index is 0.0167. The van der Waals surface area contributed by atoms with Gasteiger partial charge in [-0.15, -0.1) is 0 Å². The molecule has 1 heterocycles. The highest BCUT2D eigenvalue weighted by Crippen LogP contribution is 2.41. The van der Waals surface area contributed by atoms with Crippen LogP contribution in [0.3, 0.4) is 0 Å². The lowest BCUT2D eigenvalue weighted by Gasteiger charge is -2.35. The first-order valence-electron chi connectivity index (χ1n) is 8.94. The Balaban J connectivity index is 2.19. The predicted octanol–water partition coefficient (Wildman–Crippen LogP) is 2.63. The molecule has 0 bridgehead atoms. The molecular weight excluding hydrogens is 344 g/mol. The molecule has 1 atom stereocenters. The van der Waals surface area contributed by atoms with Gasteiger partial charge in [0.1, 0.15) is 11.5 Å². The summed E-state index contributed by atoms with van der Waals surface area (Å²) in [6.45, 7) is 3.83. The fraction of sp³-hybridized carbons (Fsp3) is 0.286. The number of hydrogen-bond acceptors (Lipinski definition) is 6. The number of nitrogens with one attached hydrogen (secondary N) is 1. The summed E-state index contributed by atoms with van der Waals surface area (Å²) in [5.74, 6) is -2.12. The third-order valence-electron chi connectivity index (χ3n) is 4.52. The normalized spacial score (nSPS) is 17.6. The van der Waals surface area contributed by atoms with E-state index in [0.29, 0.717) is 0 Å². The highest BCUT2D eigenvalue weighted by molar-refractivity contribution is 6.41. The maximum absolute atomic E-state index is 13.0. The number of benzene rings is 2. The summed E-state index contributed by atoms with van der Waals surface area (Å²) in [6, 6.07) is 18.9. The standard InChI is InChI=1S/C21H22N2O4/c1-3-26-19(24)17-18(20(25)27-4-2)22-23-21(17,15-11-7-5-8-12-15)16-13-9-6-10-14-16/h5-14,17,23H,3-4H2,1-2H3/t17-/m1/s1. The molecule has 0 saturated heterocycles. The van der Waals surface area contributed by atoms with Crippen molar-refractivity contribution in [1.82, 2.24) is 5.43 Å². The number of hydrazone groups is 1. The second kappa shape index (κ2) is 8.03. The van der Waals surface area contributed by atoms with E-state index in [9.17, 15) is 9.59 Å². The van der Waals surface area contributed by atoms with Gasteiger partial charge in [-0.2, -0.15) is 5.10 Å². The fourth-order valence-electron chi connectivity index (χ4n) is 3.40. The lowest BCUT2D eigenvalue weighted by molar-refractivity contribution is -0.148. The van der Waals surface area contributed by atoms with E-state index < -0.39 is 23.4 Å². The molecule has 1 aliphatic rings. The molecule has 0 aromatic heterocycles. The number of nitrogens with zero attached hydrogens (tertiary/aromatic N) is 1. The van der Waals surface area contributed by atoms with Crippen molar-refractivity contribution < 1.29 is 19.1 Å². The van der Waals surface area contributed by atoms with Gasteiger partial charge in [-0.3, -0.25) is 10.2 Å². The Kier molecular flexibility index (Phi) is 5.54. The van der Waals surface area contributed by atoms with Crippen molar-refractivity contribution in [1.29, 1.82) is 0 Å². The van der Waals surface area contributed by atoms with Gasteiger partial charge in [0.25, 0.3) is 0 Å². The first-order valence-corrected chi connectivity index (χ1v) is 8.94. The molecule has 0 spiro atoms. The van der Waals surface area contributed by atoms with E-state index in [1.807, 2.05) is 60.7 Å². The maximum Gasteiger partial charge on any atom is 0.355 e. The van der Waals surface area contributed by atoms with Crippen molar-refractivity contribution in [3.8, 4) is 0 Å². The summed E-state index contributed by atoms with van der Waals surface area (Å²) >= 11 is 0. The quantitative estimate of drug-likeness (QED) is 0.796. The van der Waals surface area contributed by atoms with Crippen molar-refractivity contribution in [3.63, 3.8) is 0 Å². The number of esters is 2. The molecule has 27 heavy (non-hydrogen) atoms. The van der Waals surface area contributed by atoms with E-state index in [2.05, 4.69) is 10.5 Å². The van der Waals surface area contributed by atoms with Crippen LogP contribution in [0.25, 0.3) is 0 Å². The van der Waals surface area contributed by atoms with Crippen LogP contribution in [0.4, 0.5) is 0 Å². The van der Waals surface area contributed by atoms with Gasteiger partial charge in [-0.05, 0) is 25.0 Å². The Labute approximate surface area is 158 Å². The largest absolute Gasteiger partial charge is 0.465 e. The van der Waals surface area contributed by atoms with Crippen LogP contribution >= 0.6 is 0 Å². The lowest BCUT2D eigenvalue weighted by Crippen LogP contribution is -2.49. The predicted molar refractivity (Wildman–Crippen MR) is 101 cm³/mol. The van der Waals surface area contributed by atoms with Gasteiger partial charge in [0.2, 0.25) is 0 Å². The first kappa shape index (κ1) is 18.6. The van der Waals surface area contributed by atoms with E-state index in [4.69, 9.17) is 9.47 Å². The van der Waals surface area contributed by atoms with E-state index >= 15 is 0 Å². The highest BCUT2D eigenvalue weighted by Gasteiger charge is 2.55. The Bertz CT molecular complexity index is 794. The molecule has 0 radical (unpaired) electrons. The van der Waals surface area contributed by atoms with Gasteiger partial charge in [-0.25, -0.2) is 4.79 Å². The van der Waals surface area contributed by atoms with Crippen LogP contribution in [0.15, 0.2) is 65.8 Å². The summed E-state index contributed by atoms with van der Waals surface area (Å²) in [7, 11) is 0. The van der Waals surface area contributed by atoms with Crippen molar-refractivity contribution in [3.05, 3.63) is 71.8 Å². The number of carbonyl (C=O) groups is 2. The molecule has 2 aromatic rings. The summed E-state index contributed by atoms with van der Waals surface area (Å²) in [5, 5.41) is 4.24. The van der Waals surface area contributed by atoms with Crippen molar-refractivity contribution in [2.24, 2.45) is 11.0 Å². The summed E-state index contributed by atoms with van der Waals surface area (Å²) in [4.78, 5) is 25.5. The maximum atomic E-state index is 13.0. The van der Waals surface area contributed by atoms with Crippen molar-refractivity contribution in [2.75, 3.05) is 13.2 Å². The van der Waals surface area contributed by atoms with Crippen molar-refractivity contribution >= 4 is 17.7 Å². The van der Waals surface area contributed by atoms with Crippen LogP contribution in [0.2, 0.25) is 0 Å². The van der Waals surface area contributed by atoms with Gasteiger partial charge < -0.3 is 9.47 Å². The van der Waals surface area contributed by atoms with Crippen LogP contribution in [-0.4, -0.2) is 30.9 Å². The fourth-order valence-corrected chi connectivity index (χ4v) is 3.40. The van der Waals surface area contributed by atoms with Gasteiger partial charge in [0.05, 0.1) is 13.2 Å². The third kappa shape index (κ3) is 3.30. The van der Waals surface area contributed by atoms with Crippen LogP contribution in [0, 0.1) is 5.92 Å². The molecule has 2 aromatic carbocycles. The molecule has 6 nitrogen and oxygen atoms in total. The molecule has 140 valence electrons. The zero-order chi connectivity index (χ0) is 19.3. The van der Waals surface area contributed by atoms with E-state index in [1.165, 1.54) is 0 Å².